The summed E-state index contributed by atoms with van der Waals surface area (Å²) >= 11 is 1.30. The van der Waals surface area contributed by atoms with Gasteiger partial charge in [-0.2, -0.15) is 0 Å². The minimum atomic E-state index is -0.878. The van der Waals surface area contributed by atoms with E-state index in [4.69, 9.17) is 0 Å². The topological polar surface area (TPSA) is 59.8 Å². The summed E-state index contributed by atoms with van der Waals surface area (Å²) in [7, 11) is 0. The van der Waals surface area contributed by atoms with E-state index >= 15 is 0 Å². The van der Waals surface area contributed by atoms with Crippen LogP contribution in [0.3, 0.4) is 0 Å². The first-order chi connectivity index (χ1) is 14.1. The molecule has 0 aliphatic rings. The predicted octanol–water partition coefficient (Wildman–Crippen LogP) is 4.51. The van der Waals surface area contributed by atoms with Crippen molar-refractivity contribution in [2.24, 2.45) is 0 Å². The number of nitrogens with zero attached hydrogens (tertiary/aromatic N) is 3. The number of rotatable bonds is 6. The molecule has 0 bridgehead atoms. The van der Waals surface area contributed by atoms with E-state index in [0.717, 1.165) is 16.5 Å². The summed E-state index contributed by atoms with van der Waals surface area (Å²) in [4.78, 5) is 21.5. The molecule has 0 fully saturated rings. The number of benzene rings is 2. The van der Waals surface area contributed by atoms with Crippen molar-refractivity contribution in [1.82, 2.24) is 14.5 Å². The van der Waals surface area contributed by atoms with Crippen molar-refractivity contribution >= 4 is 22.4 Å². The van der Waals surface area contributed by atoms with E-state index in [0.29, 0.717) is 29.2 Å². The van der Waals surface area contributed by atoms with E-state index in [1.807, 2.05) is 22.9 Å². The molecular weight excluding hydrogens is 394 g/mol. The molecule has 4 aromatic rings. The van der Waals surface area contributed by atoms with Crippen LogP contribution in [0.5, 0.6) is 0 Å². The minimum absolute atomic E-state index is 0.257. The second-order valence-electron chi connectivity index (χ2n) is 6.44. The molecular formula is C21H16F2N4OS. The molecule has 5 nitrogen and oxygen atoms in total. The first-order valence-corrected chi connectivity index (χ1v) is 9.63. The van der Waals surface area contributed by atoms with Crippen molar-refractivity contribution in [3.8, 4) is 0 Å². The highest BCUT2D eigenvalue weighted by Crippen LogP contribution is 2.22. The quantitative estimate of drug-likeness (QED) is 0.509. The Labute approximate surface area is 169 Å². The molecule has 1 N–H and O–H groups in total. The molecule has 4 rings (SSSR count). The van der Waals surface area contributed by atoms with Gasteiger partial charge in [-0.1, -0.05) is 18.2 Å². The molecule has 2 heterocycles. The highest BCUT2D eigenvalue weighted by atomic mass is 32.1. The molecule has 0 aliphatic carbocycles. The van der Waals surface area contributed by atoms with Crippen LogP contribution in [-0.4, -0.2) is 20.4 Å². The lowest BCUT2D eigenvalue weighted by atomic mass is 10.1. The Hall–Kier alpha value is -3.39. The normalized spacial score (nSPS) is 10.8. The second-order valence-corrected chi connectivity index (χ2v) is 7.56. The third-order valence-corrected chi connectivity index (χ3v) is 5.19. The van der Waals surface area contributed by atoms with Crippen molar-refractivity contribution in [3.05, 3.63) is 101 Å². The molecule has 0 unspecified atom stereocenters. The Balaban J connectivity index is 1.37. The maximum Gasteiger partial charge on any atom is 0.257 e. The molecule has 0 aliphatic heterocycles. The molecule has 0 atom stereocenters. The summed E-state index contributed by atoms with van der Waals surface area (Å²) < 4.78 is 28.3. The molecule has 0 saturated carbocycles. The smallest absolute Gasteiger partial charge is 0.257 e. The summed E-state index contributed by atoms with van der Waals surface area (Å²) in [5.41, 5.74) is 2.22. The Morgan fingerprint density at radius 2 is 1.86 bits per heavy atom. The molecule has 146 valence electrons. The van der Waals surface area contributed by atoms with Gasteiger partial charge in [0.15, 0.2) is 16.8 Å². The van der Waals surface area contributed by atoms with Crippen molar-refractivity contribution in [2.75, 3.05) is 5.32 Å². The lowest BCUT2D eigenvalue weighted by Gasteiger charge is -2.05. The molecule has 0 radical (unpaired) electrons. The van der Waals surface area contributed by atoms with E-state index in [1.54, 1.807) is 30.9 Å². The standard InChI is InChI=1S/C21H16F2N4OS/c22-18-6-3-15(10-19(18)23)9-17-11-25-21(29-17)26-20(28)16-4-1-14(2-5-16)12-27-8-7-24-13-27/h1-8,10-11,13H,9,12H2,(H,25,26,28). The van der Waals surface area contributed by atoms with Crippen LogP contribution < -0.4 is 5.32 Å². The Kier molecular flexibility index (Phi) is 5.44. The summed E-state index contributed by atoms with van der Waals surface area (Å²) in [6.45, 7) is 0.682. The van der Waals surface area contributed by atoms with Gasteiger partial charge in [-0.25, -0.2) is 18.7 Å². The maximum atomic E-state index is 13.3. The molecule has 0 spiro atoms. The van der Waals surface area contributed by atoms with Gasteiger partial charge in [0, 0.05) is 42.0 Å². The number of anilines is 1. The van der Waals surface area contributed by atoms with Crippen molar-refractivity contribution in [1.29, 1.82) is 0 Å². The fraction of sp³-hybridized carbons (Fsp3) is 0.0952. The molecule has 2 aromatic heterocycles. The lowest BCUT2D eigenvalue weighted by Crippen LogP contribution is -2.11. The van der Waals surface area contributed by atoms with E-state index < -0.39 is 11.6 Å². The number of hydrogen-bond donors (Lipinski definition) is 1. The third-order valence-electron chi connectivity index (χ3n) is 4.28. The molecule has 29 heavy (non-hydrogen) atoms. The largest absolute Gasteiger partial charge is 0.333 e. The zero-order chi connectivity index (χ0) is 20.2. The van der Waals surface area contributed by atoms with Crippen LogP contribution in [0, 0.1) is 11.6 Å². The number of halogens is 2. The number of carbonyl (C=O) groups excluding carboxylic acids is 1. The van der Waals surface area contributed by atoms with Gasteiger partial charge in [0.05, 0.1) is 6.33 Å². The predicted molar refractivity (Wildman–Crippen MR) is 107 cm³/mol. The van der Waals surface area contributed by atoms with E-state index in [1.165, 1.54) is 23.5 Å². The highest BCUT2D eigenvalue weighted by molar-refractivity contribution is 7.15. The van der Waals surface area contributed by atoms with Gasteiger partial charge in [0.2, 0.25) is 0 Å². The Morgan fingerprint density at radius 3 is 2.59 bits per heavy atom. The number of carbonyl (C=O) groups is 1. The number of nitrogens with one attached hydrogen (secondary N) is 1. The molecule has 2 aromatic carbocycles. The number of hydrogen-bond acceptors (Lipinski definition) is 4. The second kappa shape index (κ2) is 8.32. The molecule has 8 heteroatoms. The summed E-state index contributed by atoms with van der Waals surface area (Å²) in [5, 5.41) is 3.22. The van der Waals surface area contributed by atoms with Crippen LogP contribution in [0.15, 0.2) is 67.4 Å². The first kappa shape index (κ1) is 18.9. The van der Waals surface area contributed by atoms with Crippen LogP contribution in [0.4, 0.5) is 13.9 Å². The van der Waals surface area contributed by atoms with Crippen LogP contribution in [-0.2, 0) is 13.0 Å². The Morgan fingerprint density at radius 1 is 1.07 bits per heavy atom. The Bertz CT molecular complexity index is 1120. The van der Waals surface area contributed by atoms with Crippen LogP contribution in [0.25, 0.3) is 0 Å². The van der Waals surface area contributed by atoms with Gasteiger partial charge in [-0.3, -0.25) is 10.1 Å². The average Bonchev–Trinajstić information content (AvgIpc) is 3.37. The first-order valence-electron chi connectivity index (χ1n) is 8.81. The fourth-order valence-electron chi connectivity index (χ4n) is 2.82. The SMILES string of the molecule is O=C(Nc1ncc(Cc2ccc(F)c(F)c2)s1)c1ccc(Cn2ccnc2)cc1. The number of thiazole rings is 1. The fourth-order valence-corrected chi connectivity index (χ4v) is 3.66. The van der Waals surface area contributed by atoms with Gasteiger partial charge in [0.1, 0.15) is 0 Å². The summed E-state index contributed by atoms with van der Waals surface area (Å²) in [6, 6.07) is 11.1. The maximum absolute atomic E-state index is 13.3. The number of aromatic nitrogens is 3. The molecule has 1 amide bonds. The summed E-state index contributed by atoms with van der Waals surface area (Å²) in [5.74, 6) is -2.01. The number of imidazole rings is 1. The van der Waals surface area contributed by atoms with Crippen LogP contribution in [0.2, 0.25) is 0 Å². The zero-order valence-electron chi connectivity index (χ0n) is 15.2. The van der Waals surface area contributed by atoms with Gasteiger partial charge in [-0.15, -0.1) is 11.3 Å². The van der Waals surface area contributed by atoms with Gasteiger partial charge in [0.25, 0.3) is 5.91 Å². The van der Waals surface area contributed by atoms with Crippen LogP contribution in [0.1, 0.15) is 26.4 Å². The van der Waals surface area contributed by atoms with Gasteiger partial charge < -0.3 is 4.57 Å². The highest BCUT2D eigenvalue weighted by Gasteiger charge is 2.11. The van der Waals surface area contributed by atoms with Crippen LogP contribution >= 0.6 is 11.3 Å². The van der Waals surface area contributed by atoms with Gasteiger partial charge >= 0.3 is 0 Å². The number of amides is 1. The van der Waals surface area contributed by atoms with Crippen molar-refractivity contribution < 1.29 is 13.6 Å². The third kappa shape index (κ3) is 4.72. The molecule has 0 saturated heterocycles. The lowest BCUT2D eigenvalue weighted by molar-refractivity contribution is 0.102. The van der Waals surface area contributed by atoms with E-state index in [2.05, 4.69) is 15.3 Å². The van der Waals surface area contributed by atoms with Crippen molar-refractivity contribution in [2.45, 2.75) is 13.0 Å². The monoisotopic (exact) mass is 410 g/mol. The minimum Gasteiger partial charge on any atom is -0.333 e. The summed E-state index contributed by atoms with van der Waals surface area (Å²) in [6.07, 6.45) is 7.36. The van der Waals surface area contributed by atoms with E-state index in [9.17, 15) is 13.6 Å². The average molecular weight is 410 g/mol. The van der Waals surface area contributed by atoms with Crippen molar-refractivity contribution in [3.63, 3.8) is 0 Å². The van der Waals surface area contributed by atoms with E-state index in [-0.39, 0.29) is 5.91 Å². The zero-order valence-corrected chi connectivity index (χ0v) is 16.0. The van der Waals surface area contributed by atoms with Gasteiger partial charge in [-0.05, 0) is 35.4 Å².